The van der Waals surface area contributed by atoms with Crippen LogP contribution in [0, 0.1) is 0 Å². The molecule has 1 aliphatic heterocycles. The van der Waals surface area contributed by atoms with Crippen molar-refractivity contribution < 1.29 is 18.7 Å². The molecular formula is C27H26N4O4. The van der Waals surface area contributed by atoms with E-state index in [2.05, 4.69) is 20.5 Å². The van der Waals surface area contributed by atoms with E-state index in [0.29, 0.717) is 31.0 Å². The molecule has 1 fully saturated rings. The van der Waals surface area contributed by atoms with Crippen LogP contribution in [0.15, 0.2) is 77.3 Å². The number of nitrogens with one attached hydrogen (secondary N) is 2. The number of furan rings is 1. The summed E-state index contributed by atoms with van der Waals surface area (Å²) in [5.41, 5.74) is 3.15. The molecule has 1 saturated heterocycles. The molecule has 178 valence electrons. The van der Waals surface area contributed by atoms with Gasteiger partial charge in [-0.1, -0.05) is 30.3 Å². The lowest BCUT2D eigenvalue weighted by Crippen LogP contribution is -2.36. The highest BCUT2D eigenvalue weighted by Crippen LogP contribution is 2.20. The minimum atomic E-state index is -0.319. The number of carbonyl (C=O) groups excluding carboxylic acids is 2. The minimum absolute atomic E-state index is 0.0752. The van der Waals surface area contributed by atoms with Gasteiger partial charge in [-0.3, -0.25) is 9.59 Å². The van der Waals surface area contributed by atoms with Crippen molar-refractivity contribution in [2.75, 3.05) is 36.5 Å². The van der Waals surface area contributed by atoms with Crippen LogP contribution >= 0.6 is 0 Å². The molecular weight excluding hydrogens is 444 g/mol. The molecule has 4 aromatic rings. The summed E-state index contributed by atoms with van der Waals surface area (Å²) >= 11 is 0. The van der Waals surface area contributed by atoms with Gasteiger partial charge in [-0.2, -0.15) is 0 Å². The minimum Gasteiger partial charge on any atom is -0.451 e. The first-order chi connectivity index (χ1) is 17.1. The van der Waals surface area contributed by atoms with Crippen molar-refractivity contribution in [2.45, 2.75) is 13.0 Å². The molecule has 0 bridgehead atoms. The van der Waals surface area contributed by atoms with Crippen LogP contribution in [-0.4, -0.2) is 43.1 Å². The lowest BCUT2D eigenvalue weighted by Gasteiger charge is -2.28. The molecule has 8 heteroatoms. The Hall–Kier alpha value is -4.17. The van der Waals surface area contributed by atoms with Crippen molar-refractivity contribution in [3.8, 4) is 0 Å². The fraction of sp³-hybridized carbons (Fsp3) is 0.222. The summed E-state index contributed by atoms with van der Waals surface area (Å²) in [5, 5.41) is 6.67. The molecule has 2 N–H and O–H groups in total. The van der Waals surface area contributed by atoms with Crippen LogP contribution in [0.3, 0.4) is 0 Å². The smallest absolute Gasteiger partial charge is 0.291 e. The first-order valence-corrected chi connectivity index (χ1v) is 11.6. The number of hydrogen-bond donors (Lipinski definition) is 2. The van der Waals surface area contributed by atoms with Gasteiger partial charge in [-0.15, -0.1) is 0 Å². The van der Waals surface area contributed by atoms with E-state index in [9.17, 15) is 9.59 Å². The standard InChI is InChI=1S/C27H26N4O4/c32-26(29-18-20-9-10-28-25(15-20)31-11-13-34-14-12-31)16-19-5-7-22(8-6-19)30-27(33)24-17-21-3-1-2-4-23(21)35-24/h1-10,15,17H,11-14,16,18H2,(H,29,32)(H,30,33). The summed E-state index contributed by atoms with van der Waals surface area (Å²) < 4.78 is 11.0. The molecule has 35 heavy (non-hydrogen) atoms. The number of rotatable bonds is 7. The number of hydrogen-bond acceptors (Lipinski definition) is 6. The van der Waals surface area contributed by atoms with E-state index in [1.165, 1.54) is 0 Å². The van der Waals surface area contributed by atoms with E-state index in [1.807, 2.05) is 48.5 Å². The molecule has 2 aromatic carbocycles. The number of morpholine rings is 1. The Kier molecular flexibility index (Phi) is 6.72. The molecule has 0 radical (unpaired) electrons. The number of pyridine rings is 1. The van der Waals surface area contributed by atoms with E-state index < -0.39 is 0 Å². The van der Waals surface area contributed by atoms with Crippen LogP contribution in [0.4, 0.5) is 11.5 Å². The lowest BCUT2D eigenvalue weighted by molar-refractivity contribution is -0.120. The number of nitrogens with zero attached hydrogens (tertiary/aromatic N) is 2. The third kappa shape index (κ3) is 5.67. The maximum absolute atomic E-state index is 12.5. The second-order valence-corrected chi connectivity index (χ2v) is 8.37. The van der Waals surface area contributed by atoms with Crippen molar-refractivity contribution in [3.05, 3.63) is 89.8 Å². The molecule has 0 aliphatic carbocycles. The zero-order valence-electron chi connectivity index (χ0n) is 19.2. The summed E-state index contributed by atoms with van der Waals surface area (Å²) in [4.78, 5) is 31.6. The van der Waals surface area contributed by atoms with Crippen LogP contribution in [-0.2, 0) is 22.5 Å². The Morgan fingerprint density at radius 3 is 2.54 bits per heavy atom. The SMILES string of the molecule is O=C(Cc1ccc(NC(=O)c2cc3ccccc3o2)cc1)NCc1ccnc(N2CCOCC2)c1. The fourth-order valence-corrected chi connectivity index (χ4v) is 3.98. The number of amides is 2. The van der Waals surface area contributed by atoms with Crippen LogP contribution in [0.2, 0.25) is 0 Å². The maximum atomic E-state index is 12.5. The quantitative estimate of drug-likeness (QED) is 0.427. The number of benzene rings is 2. The Balaban J connectivity index is 1.12. The molecule has 8 nitrogen and oxygen atoms in total. The molecule has 2 amide bonds. The first-order valence-electron chi connectivity index (χ1n) is 11.6. The highest BCUT2D eigenvalue weighted by Gasteiger charge is 2.14. The van der Waals surface area contributed by atoms with E-state index >= 15 is 0 Å². The monoisotopic (exact) mass is 470 g/mol. The topological polar surface area (TPSA) is 96.7 Å². The number of ether oxygens (including phenoxy) is 1. The van der Waals surface area contributed by atoms with Crippen molar-refractivity contribution in [3.63, 3.8) is 0 Å². The Morgan fingerprint density at radius 2 is 1.74 bits per heavy atom. The highest BCUT2D eigenvalue weighted by molar-refractivity contribution is 6.04. The molecule has 0 unspecified atom stereocenters. The van der Waals surface area contributed by atoms with Gasteiger partial charge in [0.25, 0.3) is 5.91 Å². The van der Waals surface area contributed by atoms with E-state index in [4.69, 9.17) is 9.15 Å². The molecule has 5 rings (SSSR count). The van der Waals surface area contributed by atoms with Gasteiger partial charge >= 0.3 is 0 Å². The predicted molar refractivity (Wildman–Crippen MR) is 133 cm³/mol. The molecule has 1 aliphatic rings. The van der Waals surface area contributed by atoms with Crippen LogP contribution in [0.1, 0.15) is 21.7 Å². The number of carbonyl (C=O) groups is 2. The average Bonchev–Trinajstić information content (AvgIpc) is 3.34. The van der Waals surface area contributed by atoms with Gasteiger partial charge in [0.2, 0.25) is 5.91 Å². The van der Waals surface area contributed by atoms with E-state index in [-0.39, 0.29) is 24.0 Å². The van der Waals surface area contributed by atoms with E-state index in [1.54, 1.807) is 24.4 Å². The largest absolute Gasteiger partial charge is 0.451 e. The highest BCUT2D eigenvalue weighted by atomic mass is 16.5. The second kappa shape index (κ2) is 10.4. The normalized spacial score (nSPS) is 13.5. The van der Waals surface area contributed by atoms with Crippen LogP contribution < -0.4 is 15.5 Å². The average molecular weight is 471 g/mol. The number of aromatic nitrogens is 1. The van der Waals surface area contributed by atoms with Gasteiger partial charge in [0.05, 0.1) is 19.6 Å². The van der Waals surface area contributed by atoms with Crippen molar-refractivity contribution in [2.24, 2.45) is 0 Å². The lowest BCUT2D eigenvalue weighted by atomic mass is 10.1. The zero-order valence-corrected chi connectivity index (χ0v) is 19.2. The summed E-state index contributed by atoms with van der Waals surface area (Å²) in [6, 6.07) is 20.3. The van der Waals surface area contributed by atoms with Gasteiger partial charge < -0.3 is 24.7 Å². The Bertz CT molecular complexity index is 1290. The van der Waals surface area contributed by atoms with Gasteiger partial charge in [0.15, 0.2) is 5.76 Å². The molecule has 2 aromatic heterocycles. The third-order valence-corrected chi connectivity index (χ3v) is 5.86. The number of para-hydroxylation sites is 1. The van der Waals surface area contributed by atoms with Crippen molar-refractivity contribution >= 4 is 34.3 Å². The summed E-state index contributed by atoms with van der Waals surface area (Å²) in [6.07, 6.45) is 2.02. The second-order valence-electron chi connectivity index (χ2n) is 8.37. The zero-order chi connectivity index (χ0) is 24.0. The predicted octanol–water partition coefficient (Wildman–Crippen LogP) is 3.78. The summed E-state index contributed by atoms with van der Waals surface area (Å²) in [7, 11) is 0. The first kappa shape index (κ1) is 22.6. The van der Waals surface area contributed by atoms with Gasteiger partial charge in [0.1, 0.15) is 11.4 Å². The summed E-state index contributed by atoms with van der Waals surface area (Å²) in [6.45, 7) is 3.47. The third-order valence-electron chi connectivity index (χ3n) is 5.86. The van der Waals surface area contributed by atoms with Crippen molar-refractivity contribution in [1.29, 1.82) is 0 Å². The molecule has 0 saturated carbocycles. The molecule has 0 atom stereocenters. The Morgan fingerprint density at radius 1 is 0.943 bits per heavy atom. The summed E-state index contributed by atoms with van der Waals surface area (Å²) in [5.74, 6) is 0.761. The number of anilines is 2. The van der Waals surface area contributed by atoms with Crippen LogP contribution in [0.5, 0.6) is 0 Å². The molecule has 3 heterocycles. The number of fused-ring (bicyclic) bond motifs is 1. The maximum Gasteiger partial charge on any atom is 0.291 e. The van der Waals surface area contributed by atoms with Crippen LogP contribution in [0.25, 0.3) is 11.0 Å². The fourth-order valence-electron chi connectivity index (χ4n) is 3.98. The van der Waals surface area contributed by atoms with Gasteiger partial charge in [-0.25, -0.2) is 4.98 Å². The molecule has 0 spiro atoms. The Labute approximate surface area is 202 Å². The van der Waals surface area contributed by atoms with Gasteiger partial charge in [0, 0.05) is 36.9 Å². The van der Waals surface area contributed by atoms with E-state index in [0.717, 1.165) is 35.4 Å². The van der Waals surface area contributed by atoms with Gasteiger partial charge in [-0.05, 0) is 47.5 Å². The van der Waals surface area contributed by atoms with Crippen molar-refractivity contribution in [1.82, 2.24) is 10.3 Å².